The molecule has 2 bridgehead atoms. The third-order valence-corrected chi connectivity index (χ3v) is 5.44. The van der Waals surface area contributed by atoms with Crippen LogP contribution in [0.4, 0.5) is 0 Å². The predicted octanol–water partition coefficient (Wildman–Crippen LogP) is 2.54. The largest absolute Gasteiger partial charge is 0.299 e. The van der Waals surface area contributed by atoms with Crippen LogP contribution in [0.3, 0.4) is 0 Å². The van der Waals surface area contributed by atoms with Crippen molar-refractivity contribution in [2.75, 3.05) is 0 Å². The summed E-state index contributed by atoms with van der Waals surface area (Å²) in [7, 11) is 0. The molecule has 2 aliphatic carbocycles. The van der Waals surface area contributed by atoms with Gasteiger partial charge in [0.15, 0.2) is 0 Å². The molecule has 0 aromatic rings. The average Bonchev–Trinajstić information content (AvgIpc) is 2.34. The van der Waals surface area contributed by atoms with Gasteiger partial charge in [-0.05, 0) is 29.9 Å². The van der Waals surface area contributed by atoms with Gasteiger partial charge in [-0.2, -0.15) is 0 Å². The molecule has 14 heavy (non-hydrogen) atoms. The van der Waals surface area contributed by atoms with E-state index in [9.17, 15) is 9.59 Å². The zero-order valence-corrected chi connectivity index (χ0v) is 9.57. The van der Waals surface area contributed by atoms with E-state index in [0.717, 1.165) is 12.8 Å². The molecule has 2 saturated carbocycles. The molecule has 2 fully saturated rings. The molecule has 0 N–H and O–H groups in total. The van der Waals surface area contributed by atoms with Crippen LogP contribution in [0.1, 0.15) is 40.0 Å². The fourth-order valence-corrected chi connectivity index (χ4v) is 3.69. The molecule has 0 aromatic heterocycles. The van der Waals surface area contributed by atoms with Crippen molar-refractivity contribution >= 4 is 22.6 Å². The summed E-state index contributed by atoms with van der Waals surface area (Å²) in [6.07, 6.45) is 1.92. The number of hydrogen-bond donors (Lipinski definition) is 0. The Labute approximate surface area is 89.0 Å². The lowest BCUT2D eigenvalue weighted by Gasteiger charge is -2.37. The number of Topliss-reactive ketones (excluding diaryl/α,β-unsaturated/α-hetero) is 1. The summed E-state index contributed by atoms with van der Waals surface area (Å²) in [5.74, 6) is 0.211. The first-order valence-electron chi connectivity index (χ1n) is 5.01. The highest BCUT2D eigenvalue weighted by Crippen LogP contribution is 2.71. The summed E-state index contributed by atoms with van der Waals surface area (Å²) in [6.45, 7) is 5.99. The summed E-state index contributed by atoms with van der Waals surface area (Å²) in [5.41, 5.74) is -1.20. The van der Waals surface area contributed by atoms with Crippen LogP contribution < -0.4 is 0 Å². The quantitative estimate of drug-likeness (QED) is 0.629. The van der Waals surface area contributed by atoms with Crippen molar-refractivity contribution in [1.29, 1.82) is 0 Å². The maximum Gasteiger partial charge on any atom is 0.228 e. The van der Waals surface area contributed by atoms with E-state index in [-0.39, 0.29) is 21.9 Å². The van der Waals surface area contributed by atoms with Gasteiger partial charge in [0, 0.05) is 11.8 Å². The Morgan fingerprint density at radius 2 is 1.86 bits per heavy atom. The first kappa shape index (κ1) is 10.2. The summed E-state index contributed by atoms with van der Waals surface area (Å²) >= 11 is 5.69. The van der Waals surface area contributed by atoms with Crippen molar-refractivity contribution in [3.05, 3.63) is 0 Å². The summed E-state index contributed by atoms with van der Waals surface area (Å²) in [6, 6.07) is 0. The molecule has 0 aliphatic heterocycles. The van der Waals surface area contributed by atoms with Crippen LogP contribution in [0, 0.1) is 16.2 Å². The molecule has 2 aliphatic rings. The minimum Gasteiger partial charge on any atom is -0.299 e. The minimum absolute atomic E-state index is 0.211. The first-order chi connectivity index (χ1) is 6.28. The number of hydrogen-bond acceptors (Lipinski definition) is 2. The van der Waals surface area contributed by atoms with Crippen LogP contribution in [0.25, 0.3) is 0 Å². The van der Waals surface area contributed by atoms with Crippen molar-refractivity contribution in [2.45, 2.75) is 40.0 Å². The first-order valence-corrected chi connectivity index (χ1v) is 5.39. The van der Waals surface area contributed by atoms with Gasteiger partial charge in [0.05, 0.1) is 5.41 Å². The van der Waals surface area contributed by atoms with E-state index in [1.165, 1.54) is 0 Å². The van der Waals surface area contributed by atoms with Gasteiger partial charge in [0.1, 0.15) is 5.78 Å². The van der Waals surface area contributed by atoms with Crippen LogP contribution in [0.15, 0.2) is 0 Å². The second kappa shape index (κ2) is 2.41. The Hall–Kier alpha value is -0.370. The molecule has 3 heteroatoms. The van der Waals surface area contributed by atoms with Crippen molar-refractivity contribution in [3.63, 3.8) is 0 Å². The number of rotatable bonds is 1. The van der Waals surface area contributed by atoms with Gasteiger partial charge in [0.2, 0.25) is 5.24 Å². The molecule has 0 heterocycles. The third kappa shape index (κ3) is 0.758. The molecule has 2 atom stereocenters. The van der Waals surface area contributed by atoms with E-state index in [1.54, 1.807) is 0 Å². The fraction of sp³-hybridized carbons (Fsp3) is 0.818. The minimum atomic E-state index is -0.583. The van der Waals surface area contributed by atoms with E-state index in [1.807, 2.05) is 20.8 Å². The van der Waals surface area contributed by atoms with Crippen LogP contribution in [-0.2, 0) is 9.59 Å². The van der Waals surface area contributed by atoms with Crippen LogP contribution in [-0.4, -0.2) is 11.0 Å². The van der Waals surface area contributed by atoms with E-state index in [0.29, 0.717) is 6.42 Å². The summed E-state index contributed by atoms with van der Waals surface area (Å²) in [5, 5.41) is -0.322. The van der Waals surface area contributed by atoms with Gasteiger partial charge in [0.25, 0.3) is 0 Å². The summed E-state index contributed by atoms with van der Waals surface area (Å²) < 4.78 is 0. The predicted molar refractivity (Wildman–Crippen MR) is 54.0 cm³/mol. The van der Waals surface area contributed by atoms with E-state index >= 15 is 0 Å². The van der Waals surface area contributed by atoms with Gasteiger partial charge in [-0.25, -0.2) is 0 Å². The van der Waals surface area contributed by atoms with Crippen LogP contribution >= 0.6 is 11.6 Å². The molecule has 2 rings (SSSR count). The van der Waals surface area contributed by atoms with E-state index in [2.05, 4.69) is 0 Å². The standard InChI is InChI=1S/C11H15ClO2/c1-9(2)10(3)4-5-11(9,8(12)14)6-7(10)13/h4-6H2,1-3H3/t10-,11+/m0/s1. The number of fused-ring (bicyclic) bond motifs is 2. The third-order valence-electron chi connectivity index (χ3n) is 5.08. The molecule has 0 radical (unpaired) electrons. The monoisotopic (exact) mass is 214 g/mol. The average molecular weight is 215 g/mol. The molecular weight excluding hydrogens is 200 g/mol. The van der Waals surface area contributed by atoms with Gasteiger partial charge < -0.3 is 0 Å². The molecule has 0 aromatic carbocycles. The number of halogens is 1. The lowest BCUT2D eigenvalue weighted by Crippen LogP contribution is -2.38. The smallest absolute Gasteiger partial charge is 0.228 e. The van der Waals surface area contributed by atoms with Gasteiger partial charge in [-0.3, -0.25) is 9.59 Å². The molecule has 78 valence electrons. The Bertz CT molecular complexity index is 334. The highest BCUT2D eigenvalue weighted by Gasteiger charge is 2.72. The van der Waals surface area contributed by atoms with Crippen molar-refractivity contribution < 1.29 is 9.59 Å². The van der Waals surface area contributed by atoms with Gasteiger partial charge in [-0.1, -0.05) is 20.8 Å². The lowest BCUT2D eigenvalue weighted by atomic mass is 9.65. The SMILES string of the molecule is CC1(C)[C@]2(C(=O)Cl)CC[C@@]1(C)C(=O)C2. The number of ketones is 1. The highest BCUT2D eigenvalue weighted by atomic mass is 35.5. The Kier molecular flexibility index (Phi) is 1.75. The normalized spacial score (nSPS) is 44.4. The second-order valence-corrected chi connectivity index (χ2v) is 5.76. The van der Waals surface area contributed by atoms with Gasteiger partial charge >= 0.3 is 0 Å². The number of carbonyl (C=O) groups excluding carboxylic acids is 2. The molecular formula is C11H15ClO2. The zero-order chi connectivity index (χ0) is 10.8. The van der Waals surface area contributed by atoms with Crippen molar-refractivity contribution in [1.82, 2.24) is 0 Å². The lowest BCUT2D eigenvalue weighted by molar-refractivity contribution is -0.129. The number of carbonyl (C=O) groups is 2. The molecule has 0 spiro atoms. The highest BCUT2D eigenvalue weighted by molar-refractivity contribution is 6.65. The summed E-state index contributed by atoms with van der Waals surface area (Å²) in [4.78, 5) is 23.4. The molecule has 0 unspecified atom stereocenters. The second-order valence-electron chi connectivity index (χ2n) is 5.41. The fourth-order valence-electron chi connectivity index (χ4n) is 3.30. The maximum atomic E-state index is 11.9. The van der Waals surface area contributed by atoms with Crippen LogP contribution in [0.5, 0.6) is 0 Å². The Morgan fingerprint density at radius 1 is 1.29 bits per heavy atom. The van der Waals surface area contributed by atoms with Crippen molar-refractivity contribution in [2.24, 2.45) is 16.2 Å². The zero-order valence-electron chi connectivity index (χ0n) is 8.82. The molecule has 0 saturated heterocycles. The molecule has 0 amide bonds. The Balaban J connectivity index is 2.60. The van der Waals surface area contributed by atoms with Crippen LogP contribution in [0.2, 0.25) is 0 Å². The van der Waals surface area contributed by atoms with Gasteiger partial charge in [-0.15, -0.1) is 0 Å². The van der Waals surface area contributed by atoms with Crippen molar-refractivity contribution in [3.8, 4) is 0 Å². The topological polar surface area (TPSA) is 34.1 Å². The maximum absolute atomic E-state index is 11.9. The molecule has 2 nitrogen and oxygen atoms in total. The van der Waals surface area contributed by atoms with E-state index in [4.69, 9.17) is 11.6 Å². The van der Waals surface area contributed by atoms with E-state index < -0.39 is 5.41 Å². The Morgan fingerprint density at radius 3 is 2.07 bits per heavy atom.